The van der Waals surface area contributed by atoms with Crippen LogP contribution in [0.2, 0.25) is 0 Å². The van der Waals surface area contributed by atoms with Gasteiger partial charge < -0.3 is 5.11 Å². The van der Waals surface area contributed by atoms with Gasteiger partial charge in [0, 0.05) is 11.6 Å². The van der Waals surface area contributed by atoms with Gasteiger partial charge in [0.25, 0.3) is 5.91 Å². The third kappa shape index (κ3) is 1.84. The predicted molar refractivity (Wildman–Crippen MR) is 72.9 cm³/mol. The SMILES string of the molecule is O=C(O)c1cn(C(=O)c2cccs2)c2ccccc12. The van der Waals surface area contributed by atoms with E-state index in [1.54, 1.807) is 36.4 Å². The Morgan fingerprint density at radius 2 is 1.89 bits per heavy atom. The molecule has 0 amide bonds. The molecular weight excluding hydrogens is 262 g/mol. The van der Waals surface area contributed by atoms with Gasteiger partial charge in [-0.05, 0) is 17.5 Å². The van der Waals surface area contributed by atoms with Crippen LogP contribution in [0.1, 0.15) is 20.0 Å². The van der Waals surface area contributed by atoms with Crippen molar-refractivity contribution in [3.8, 4) is 0 Å². The zero-order valence-electron chi connectivity index (χ0n) is 9.74. The van der Waals surface area contributed by atoms with Crippen molar-refractivity contribution in [3.05, 3.63) is 58.4 Å². The van der Waals surface area contributed by atoms with E-state index < -0.39 is 5.97 Å². The second kappa shape index (κ2) is 4.37. The molecule has 0 radical (unpaired) electrons. The lowest BCUT2D eigenvalue weighted by atomic mass is 10.2. The lowest BCUT2D eigenvalue weighted by Crippen LogP contribution is -2.08. The predicted octanol–water partition coefficient (Wildman–Crippen LogP) is 3.09. The first-order valence-electron chi connectivity index (χ1n) is 5.60. The Morgan fingerprint density at radius 1 is 1.11 bits per heavy atom. The Balaban J connectivity index is 2.25. The molecule has 0 aliphatic carbocycles. The van der Waals surface area contributed by atoms with Gasteiger partial charge in [-0.1, -0.05) is 24.3 Å². The summed E-state index contributed by atoms with van der Waals surface area (Å²) in [4.78, 5) is 24.1. The highest BCUT2D eigenvalue weighted by molar-refractivity contribution is 7.12. The van der Waals surface area contributed by atoms with E-state index >= 15 is 0 Å². The monoisotopic (exact) mass is 271 g/mol. The number of para-hydroxylation sites is 1. The van der Waals surface area contributed by atoms with Crippen LogP contribution in [-0.4, -0.2) is 21.6 Å². The summed E-state index contributed by atoms with van der Waals surface area (Å²) < 4.78 is 1.39. The van der Waals surface area contributed by atoms with Crippen LogP contribution in [-0.2, 0) is 0 Å². The fourth-order valence-electron chi connectivity index (χ4n) is 2.04. The van der Waals surface area contributed by atoms with Gasteiger partial charge in [0.2, 0.25) is 0 Å². The average molecular weight is 271 g/mol. The number of aromatic nitrogens is 1. The van der Waals surface area contributed by atoms with Crippen molar-refractivity contribution < 1.29 is 14.7 Å². The summed E-state index contributed by atoms with van der Waals surface area (Å²) in [5.74, 6) is -1.24. The molecule has 0 saturated heterocycles. The molecule has 2 heterocycles. The number of nitrogens with zero attached hydrogens (tertiary/aromatic N) is 1. The molecule has 5 heteroatoms. The molecular formula is C14H9NO3S. The number of carbonyl (C=O) groups is 2. The van der Waals surface area contributed by atoms with Crippen LogP contribution < -0.4 is 0 Å². The Labute approximate surface area is 112 Å². The lowest BCUT2D eigenvalue weighted by molar-refractivity contribution is 0.0699. The molecule has 0 bridgehead atoms. The molecule has 94 valence electrons. The number of hydrogen-bond donors (Lipinski definition) is 1. The molecule has 0 aliphatic heterocycles. The molecule has 1 aromatic carbocycles. The summed E-state index contributed by atoms with van der Waals surface area (Å²) in [5.41, 5.74) is 0.749. The van der Waals surface area contributed by atoms with Gasteiger partial charge in [0.05, 0.1) is 16.0 Å². The molecule has 0 saturated carbocycles. The minimum absolute atomic E-state index is 0.139. The molecule has 2 aromatic heterocycles. The second-order valence-corrected chi connectivity index (χ2v) is 4.97. The van der Waals surface area contributed by atoms with Crippen molar-refractivity contribution in [3.63, 3.8) is 0 Å². The molecule has 0 atom stereocenters. The highest BCUT2D eigenvalue weighted by atomic mass is 32.1. The van der Waals surface area contributed by atoms with Crippen molar-refractivity contribution in [1.82, 2.24) is 4.57 Å². The van der Waals surface area contributed by atoms with Crippen LogP contribution in [0.4, 0.5) is 0 Å². The Hall–Kier alpha value is -2.40. The number of hydrogen-bond acceptors (Lipinski definition) is 3. The standard InChI is InChI=1S/C14H9NO3S/c16-13(12-6-3-7-19-12)15-8-10(14(17)18)9-4-1-2-5-11(9)15/h1-8H,(H,17,18). The van der Waals surface area contributed by atoms with Gasteiger partial charge >= 0.3 is 5.97 Å². The maximum atomic E-state index is 12.3. The van der Waals surface area contributed by atoms with E-state index in [1.807, 2.05) is 5.38 Å². The van der Waals surface area contributed by atoms with Crippen molar-refractivity contribution in [2.24, 2.45) is 0 Å². The van der Waals surface area contributed by atoms with E-state index in [0.29, 0.717) is 15.8 Å². The first kappa shape index (κ1) is 11.7. The van der Waals surface area contributed by atoms with E-state index in [2.05, 4.69) is 0 Å². The zero-order valence-corrected chi connectivity index (χ0v) is 10.6. The maximum absolute atomic E-state index is 12.3. The third-order valence-corrected chi connectivity index (χ3v) is 3.75. The van der Waals surface area contributed by atoms with Gasteiger partial charge in [-0.3, -0.25) is 9.36 Å². The fraction of sp³-hybridized carbons (Fsp3) is 0. The fourth-order valence-corrected chi connectivity index (χ4v) is 2.70. The van der Waals surface area contributed by atoms with Gasteiger partial charge in [-0.25, -0.2) is 4.79 Å². The number of carbonyl (C=O) groups excluding carboxylic acids is 1. The quantitative estimate of drug-likeness (QED) is 0.779. The minimum Gasteiger partial charge on any atom is -0.478 e. The van der Waals surface area contributed by atoms with Gasteiger partial charge in [0.1, 0.15) is 0 Å². The van der Waals surface area contributed by atoms with Crippen LogP contribution in [0, 0.1) is 0 Å². The summed E-state index contributed by atoms with van der Waals surface area (Å²) in [6, 6.07) is 10.5. The number of thiophene rings is 1. The van der Waals surface area contributed by atoms with Crippen molar-refractivity contribution in [2.75, 3.05) is 0 Å². The summed E-state index contributed by atoms with van der Waals surface area (Å²) >= 11 is 1.33. The number of carboxylic acid groups (broad SMARTS) is 1. The first-order valence-corrected chi connectivity index (χ1v) is 6.48. The molecule has 0 spiro atoms. The number of benzene rings is 1. The summed E-state index contributed by atoms with van der Waals surface area (Å²) in [7, 11) is 0. The zero-order chi connectivity index (χ0) is 13.4. The highest BCUT2D eigenvalue weighted by Crippen LogP contribution is 2.23. The van der Waals surface area contributed by atoms with E-state index in [4.69, 9.17) is 0 Å². The lowest BCUT2D eigenvalue weighted by Gasteiger charge is -2.00. The molecule has 0 unspecified atom stereocenters. The summed E-state index contributed by atoms with van der Waals surface area (Å²) in [6.07, 6.45) is 1.38. The number of fused-ring (bicyclic) bond motifs is 1. The van der Waals surface area contributed by atoms with Gasteiger partial charge in [0.15, 0.2) is 0 Å². The average Bonchev–Trinajstić information content (AvgIpc) is 3.05. The molecule has 0 aliphatic rings. The second-order valence-electron chi connectivity index (χ2n) is 4.02. The van der Waals surface area contributed by atoms with Crippen LogP contribution in [0.3, 0.4) is 0 Å². The topological polar surface area (TPSA) is 59.3 Å². The van der Waals surface area contributed by atoms with E-state index in [9.17, 15) is 14.7 Å². The maximum Gasteiger partial charge on any atom is 0.337 e. The molecule has 3 aromatic rings. The van der Waals surface area contributed by atoms with Gasteiger partial charge in [-0.2, -0.15) is 0 Å². The van der Waals surface area contributed by atoms with E-state index in [1.165, 1.54) is 22.1 Å². The van der Waals surface area contributed by atoms with Crippen molar-refractivity contribution in [1.29, 1.82) is 0 Å². The number of rotatable bonds is 2. The van der Waals surface area contributed by atoms with Crippen molar-refractivity contribution in [2.45, 2.75) is 0 Å². The number of aromatic carboxylic acids is 1. The van der Waals surface area contributed by atoms with Crippen LogP contribution in [0.15, 0.2) is 48.0 Å². The van der Waals surface area contributed by atoms with E-state index in [0.717, 1.165) is 0 Å². The molecule has 4 nitrogen and oxygen atoms in total. The Morgan fingerprint density at radius 3 is 2.58 bits per heavy atom. The largest absolute Gasteiger partial charge is 0.478 e. The molecule has 3 rings (SSSR count). The van der Waals surface area contributed by atoms with Crippen molar-refractivity contribution >= 4 is 34.1 Å². The van der Waals surface area contributed by atoms with Crippen LogP contribution in [0.25, 0.3) is 10.9 Å². The number of carboxylic acids is 1. The van der Waals surface area contributed by atoms with Gasteiger partial charge in [-0.15, -0.1) is 11.3 Å². The highest BCUT2D eigenvalue weighted by Gasteiger charge is 2.18. The normalized spacial score (nSPS) is 10.7. The Bertz CT molecular complexity index is 771. The summed E-state index contributed by atoms with van der Waals surface area (Å²) in [5, 5.41) is 11.6. The smallest absolute Gasteiger partial charge is 0.337 e. The molecule has 1 N–H and O–H groups in total. The third-order valence-electron chi connectivity index (χ3n) is 2.89. The summed E-state index contributed by atoms with van der Waals surface area (Å²) in [6.45, 7) is 0. The van der Waals surface area contributed by atoms with E-state index in [-0.39, 0.29) is 11.5 Å². The Kier molecular flexibility index (Phi) is 2.68. The molecule has 0 fully saturated rings. The minimum atomic E-state index is -1.03. The first-order chi connectivity index (χ1) is 9.18. The van der Waals surface area contributed by atoms with Crippen LogP contribution in [0.5, 0.6) is 0 Å². The van der Waals surface area contributed by atoms with Crippen LogP contribution >= 0.6 is 11.3 Å². The molecule has 19 heavy (non-hydrogen) atoms.